The van der Waals surface area contributed by atoms with Crippen molar-refractivity contribution in [3.63, 3.8) is 0 Å². The largest absolute Gasteiger partial charge is 0.355 e. The summed E-state index contributed by atoms with van der Waals surface area (Å²) in [7, 11) is 0. The lowest BCUT2D eigenvalue weighted by Gasteiger charge is -2.34. The highest BCUT2D eigenvalue weighted by atomic mass is 16.5. The summed E-state index contributed by atoms with van der Waals surface area (Å²) >= 11 is 0. The van der Waals surface area contributed by atoms with Gasteiger partial charge in [0, 0.05) is 43.2 Å². The molecule has 110 valence electrons. The average molecular weight is 286 g/mol. The minimum atomic E-state index is -0.103. The number of nitrogens with two attached hydrogens (primary N) is 1. The maximum absolute atomic E-state index is 12.5. The van der Waals surface area contributed by atoms with E-state index in [2.05, 4.69) is 10.1 Å². The van der Waals surface area contributed by atoms with E-state index in [0.717, 1.165) is 31.4 Å². The lowest BCUT2D eigenvalue weighted by Crippen LogP contribution is -2.47. The minimum absolute atomic E-state index is 0.103. The number of carbonyl (C=O) groups excluding carboxylic acids is 1. The van der Waals surface area contributed by atoms with Crippen molar-refractivity contribution in [2.75, 3.05) is 13.1 Å². The molecule has 1 aliphatic heterocycles. The van der Waals surface area contributed by atoms with E-state index in [1.54, 1.807) is 18.5 Å². The Kier molecular flexibility index (Phi) is 3.96. The molecule has 3 heterocycles. The van der Waals surface area contributed by atoms with Gasteiger partial charge in [-0.1, -0.05) is 5.16 Å². The summed E-state index contributed by atoms with van der Waals surface area (Å²) in [6, 6.07) is 5.42. The number of hydrogen-bond acceptors (Lipinski definition) is 5. The zero-order chi connectivity index (χ0) is 14.7. The second-order valence-electron chi connectivity index (χ2n) is 5.20. The average Bonchev–Trinajstić information content (AvgIpc) is 3.05. The molecule has 21 heavy (non-hydrogen) atoms. The van der Waals surface area contributed by atoms with Gasteiger partial charge in [0.2, 0.25) is 0 Å². The Bertz CT molecular complexity index is 611. The number of carbonyl (C=O) groups is 1. The lowest BCUT2D eigenvalue weighted by atomic mass is 10.0. The fourth-order valence-electron chi connectivity index (χ4n) is 2.69. The van der Waals surface area contributed by atoms with Crippen LogP contribution in [0.4, 0.5) is 0 Å². The molecule has 1 unspecified atom stereocenters. The van der Waals surface area contributed by atoms with Gasteiger partial charge in [-0.3, -0.25) is 9.78 Å². The van der Waals surface area contributed by atoms with Gasteiger partial charge in [-0.2, -0.15) is 0 Å². The Balaban J connectivity index is 1.81. The van der Waals surface area contributed by atoms with Crippen LogP contribution >= 0.6 is 0 Å². The topological polar surface area (TPSA) is 85.2 Å². The molecule has 1 atom stereocenters. The minimum Gasteiger partial charge on any atom is -0.355 e. The van der Waals surface area contributed by atoms with Crippen LogP contribution < -0.4 is 5.73 Å². The van der Waals surface area contributed by atoms with Crippen molar-refractivity contribution in [3.05, 3.63) is 36.3 Å². The van der Waals surface area contributed by atoms with Crippen LogP contribution in [0.15, 0.2) is 35.1 Å². The SMILES string of the molecule is NCC1CCCCN1C(=O)c1cc(-c2ccncc2)on1. The van der Waals surface area contributed by atoms with Gasteiger partial charge in [0.15, 0.2) is 11.5 Å². The van der Waals surface area contributed by atoms with Gasteiger partial charge >= 0.3 is 0 Å². The fraction of sp³-hybridized carbons (Fsp3) is 0.400. The highest BCUT2D eigenvalue weighted by Gasteiger charge is 2.28. The molecule has 1 amide bonds. The second-order valence-corrected chi connectivity index (χ2v) is 5.20. The lowest BCUT2D eigenvalue weighted by molar-refractivity contribution is 0.0613. The maximum atomic E-state index is 12.5. The molecule has 1 saturated heterocycles. The number of hydrogen-bond donors (Lipinski definition) is 1. The van der Waals surface area contributed by atoms with E-state index in [1.165, 1.54) is 0 Å². The van der Waals surface area contributed by atoms with Crippen LogP contribution in [0.3, 0.4) is 0 Å². The van der Waals surface area contributed by atoms with Crippen LogP contribution in [-0.2, 0) is 0 Å². The van der Waals surface area contributed by atoms with E-state index < -0.39 is 0 Å². The molecule has 0 bridgehead atoms. The van der Waals surface area contributed by atoms with E-state index in [-0.39, 0.29) is 11.9 Å². The molecular formula is C15H18N4O2. The third-order valence-corrected chi connectivity index (χ3v) is 3.85. The summed E-state index contributed by atoms with van der Waals surface area (Å²) in [5.41, 5.74) is 6.95. The number of aromatic nitrogens is 2. The molecular weight excluding hydrogens is 268 g/mol. The first kappa shape index (κ1) is 13.8. The third-order valence-electron chi connectivity index (χ3n) is 3.85. The van der Waals surface area contributed by atoms with Crippen molar-refractivity contribution in [1.82, 2.24) is 15.0 Å². The summed E-state index contributed by atoms with van der Waals surface area (Å²) < 4.78 is 5.28. The first-order valence-electron chi connectivity index (χ1n) is 7.17. The van der Waals surface area contributed by atoms with Gasteiger partial charge in [-0.05, 0) is 31.4 Å². The molecule has 2 aromatic rings. The van der Waals surface area contributed by atoms with Crippen molar-refractivity contribution in [2.24, 2.45) is 5.73 Å². The Morgan fingerprint density at radius 1 is 1.38 bits per heavy atom. The van der Waals surface area contributed by atoms with E-state index in [9.17, 15) is 4.79 Å². The molecule has 1 aliphatic rings. The molecule has 2 aromatic heterocycles. The second kappa shape index (κ2) is 6.05. The number of likely N-dealkylation sites (tertiary alicyclic amines) is 1. The monoisotopic (exact) mass is 286 g/mol. The number of piperidine rings is 1. The standard InChI is InChI=1S/C15H18N4O2/c16-10-12-3-1-2-8-19(12)15(20)13-9-14(21-18-13)11-4-6-17-7-5-11/h4-7,9,12H,1-3,8,10,16H2. The molecule has 6 nitrogen and oxygen atoms in total. The molecule has 0 aliphatic carbocycles. The van der Waals surface area contributed by atoms with Crippen LogP contribution in [0.2, 0.25) is 0 Å². The highest BCUT2D eigenvalue weighted by molar-refractivity contribution is 5.93. The van der Waals surface area contributed by atoms with Crippen molar-refractivity contribution < 1.29 is 9.32 Å². The molecule has 0 saturated carbocycles. The quantitative estimate of drug-likeness (QED) is 0.928. The molecule has 1 fully saturated rings. The van der Waals surface area contributed by atoms with Crippen LogP contribution in [0.1, 0.15) is 29.8 Å². The third kappa shape index (κ3) is 2.80. The van der Waals surface area contributed by atoms with Crippen LogP contribution in [0.5, 0.6) is 0 Å². The predicted octanol–water partition coefficient (Wildman–Crippen LogP) is 1.69. The summed E-state index contributed by atoms with van der Waals surface area (Å²) in [6.45, 7) is 1.22. The van der Waals surface area contributed by atoms with E-state index in [4.69, 9.17) is 10.3 Å². The molecule has 3 rings (SSSR count). The van der Waals surface area contributed by atoms with Crippen molar-refractivity contribution in [2.45, 2.75) is 25.3 Å². The fourth-order valence-corrected chi connectivity index (χ4v) is 2.69. The predicted molar refractivity (Wildman–Crippen MR) is 77.5 cm³/mol. The van der Waals surface area contributed by atoms with Crippen LogP contribution in [-0.4, -0.2) is 40.1 Å². The summed E-state index contributed by atoms with van der Waals surface area (Å²) in [4.78, 5) is 18.3. The molecule has 0 spiro atoms. The van der Waals surface area contributed by atoms with Crippen LogP contribution in [0, 0.1) is 0 Å². The number of nitrogens with zero attached hydrogens (tertiary/aromatic N) is 3. The van der Waals surface area contributed by atoms with E-state index >= 15 is 0 Å². The van der Waals surface area contributed by atoms with Gasteiger partial charge in [0.1, 0.15) is 0 Å². The molecule has 0 aromatic carbocycles. The normalized spacial score (nSPS) is 18.7. The first-order valence-corrected chi connectivity index (χ1v) is 7.17. The first-order chi connectivity index (χ1) is 10.3. The molecule has 6 heteroatoms. The van der Waals surface area contributed by atoms with Gasteiger partial charge < -0.3 is 15.2 Å². The van der Waals surface area contributed by atoms with Gasteiger partial charge in [0.25, 0.3) is 5.91 Å². The number of amides is 1. The van der Waals surface area contributed by atoms with Crippen molar-refractivity contribution >= 4 is 5.91 Å². The summed E-state index contributed by atoms with van der Waals surface area (Å²) in [6.07, 6.45) is 6.43. The summed E-state index contributed by atoms with van der Waals surface area (Å²) in [5, 5.41) is 3.91. The Morgan fingerprint density at radius 2 is 2.19 bits per heavy atom. The van der Waals surface area contributed by atoms with Crippen molar-refractivity contribution in [1.29, 1.82) is 0 Å². The van der Waals surface area contributed by atoms with Crippen LogP contribution in [0.25, 0.3) is 11.3 Å². The molecule has 2 N–H and O–H groups in total. The Labute approximate surface area is 122 Å². The van der Waals surface area contributed by atoms with Gasteiger partial charge in [0.05, 0.1) is 0 Å². The zero-order valence-electron chi connectivity index (χ0n) is 11.7. The Morgan fingerprint density at radius 3 is 2.95 bits per heavy atom. The maximum Gasteiger partial charge on any atom is 0.276 e. The summed E-state index contributed by atoms with van der Waals surface area (Å²) in [5.74, 6) is 0.469. The highest BCUT2D eigenvalue weighted by Crippen LogP contribution is 2.22. The van der Waals surface area contributed by atoms with Gasteiger partial charge in [-0.15, -0.1) is 0 Å². The molecule has 0 radical (unpaired) electrons. The van der Waals surface area contributed by atoms with E-state index in [0.29, 0.717) is 18.0 Å². The smallest absolute Gasteiger partial charge is 0.276 e. The Hall–Kier alpha value is -2.21. The van der Waals surface area contributed by atoms with Gasteiger partial charge in [-0.25, -0.2) is 0 Å². The van der Waals surface area contributed by atoms with Crippen molar-refractivity contribution in [3.8, 4) is 11.3 Å². The number of rotatable bonds is 3. The number of pyridine rings is 1. The van der Waals surface area contributed by atoms with E-state index in [1.807, 2.05) is 17.0 Å². The zero-order valence-corrected chi connectivity index (χ0v) is 11.7.